The molecular weight excluding hydrogens is 258 g/mol. The van der Waals surface area contributed by atoms with E-state index in [2.05, 4.69) is 54.0 Å². The zero-order chi connectivity index (χ0) is 15.1. The third-order valence-corrected chi connectivity index (χ3v) is 4.91. The molecule has 1 unspecified atom stereocenters. The molecule has 3 nitrogen and oxygen atoms in total. The molecule has 1 heterocycles. The highest BCUT2D eigenvalue weighted by Gasteiger charge is 2.32. The first-order chi connectivity index (χ1) is 10.2. The minimum Gasteiger partial charge on any atom is -0.329 e. The van der Waals surface area contributed by atoms with Crippen LogP contribution in [0.25, 0.3) is 0 Å². The number of hydrogen-bond donors (Lipinski definition) is 1. The number of rotatable bonds is 7. The van der Waals surface area contributed by atoms with Crippen LogP contribution in [0.4, 0.5) is 0 Å². The van der Waals surface area contributed by atoms with Crippen molar-refractivity contribution in [2.75, 3.05) is 39.3 Å². The minimum absolute atomic E-state index is 0.133. The third-order valence-electron chi connectivity index (χ3n) is 4.91. The highest BCUT2D eigenvalue weighted by molar-refractivity contribution is 5.15. The number of piperazine rings is 1. The minimum atomic E-state index is 0.133. The molecule has 2 N–H and O–H groups in total. The normalized spacial score (nSPS) is 20.3. The van der Waals surface area contributed by atoms with Crippen LogP contribution in [-0.4, -0.2) is 54.6 Å². The Labute approximate surface area is 130 Å². The van der Waals surface area contributed by atoms with Crippen molar-refractivity contribution in [1.82, 2.24) is 9.80 Å². The van der Waals surface area contributed by atoms with Crippen molar-refractivity contribution < 1.29 is 0 Å². The van der Waals surface area contributed by atoms with Crippen LogP contribution >= 0.6 is 0 Å². The summed E-state index contributed by atoms with van der Waals surface area (Å²) in [6, 6.07) is 10.8. The maximum atomic E-state index is 6.14. The van der Waals surface area contributed by atoms with Crippen LogP contribution in [0.5, 0.6) is 0 Å². The fraction of sp³-hybridized carbons (Fsp3) is 0.667. The lowest BCUT2D eigenvalue weighted by Gasteiger charge is -2.45. The number of benzene rings is 1. The quantitative estimate of drug-likeness (QED) is 0.836. The van der Waals surface area contributed by atoms with Gasteiger partial charge in [0.1, 0.15) is 0 Å². The van der Waals surface area contributed by atoms with E-state index in [0.29, 0.717) is 0 Å². The molecule has 21 heavy (non-hydrogen) atoms. The van der Waals surface area contributed by atoms with E-state index in [1.807, 2.05) is 0 Å². The van der Waals surface area contributed by atoms with Crippen molar-refractivity contribution in [1.29, 1.82) is 0 Å². The van der Waals surface area contributed by atoms with Gasteiger partial charge in [0.05, 0.1) is 0 Å². The Bertz CT molecular complexity index is 398. The first-order valence-electron chi connectivity index (χ1n) is 8.39. The smallest absolute Gasteiger partial charge is 0.0307 e. The van der Waals surface area contributed by atoms with E-state index in [1.54, 1.807) is 0 Å². The fourth-order valence-electron chi connectivity index (χ4n) is 3.28. The molecule has 1 fully saturated rings. The zero-order valence-electron chi connectivity index (χ0n) is 13.7. The molecule has 0 spiro atoms. The van der Waals surface area contributed by atoms with Crippen LogP contribution in [0.2, 0.25) is 0 Å². The molecule has 2 rings (SSSR count). The second kappa shape index (κ2) is 7.92. The van der Waals surface area contributed by atoms with Gasteiger partial charge in [0.2, 0.25) is 0 Å². The maximum Gasteiger partial charge on any atom is 0.0307 e. The van der Waals surface area contributed by atoms with Crippen molar-refractivity contribution in [3.8, 4) is 0 Å². The molecule has 0 bridgehead atoms. The van der Waals surface area contributed by atoms with Crippen molar-refractivity contribution in [2.24, 2.45) is 5.73 Å². The first-order valence-corrected chi connectivity index (χ1v) is 8.39. The number of hydrogen-bond acceptors (Lipinski definition) is 3. The van der Waals surface area contributed by atoms with Gasteiger partial charge in [0, 0.05) is 38.3 Å². The largest absolute Gasteiger partial charge is 0.329 e. The summed E-state index contributed by atoms with van der Waals surface area (Å²) >= 11 is 0. The van der Waals surface area contributed by atoms with Crippen molar-refractivity contribution in [2.45, 2.75) is 38.6 Å². The Morgan fingerprint density at radius 3 is 2.33 bits per heavy atom. The third kappa shape index (κ3) is 4.53. The van der Waals surface area contributed by atoms with Gasteiger partial charge in [-0.25, -0.2) is 0 Å². The molecular formula is C18H31N3. The highest BCUT2D eigenvalue weighted by atomic mass is 15.3. The lowest BCUT2D eigenvalue weighted by atomic mass is 9.90. The molecule has 3 heteroatoms. The summed E-state index contributed by atoms with van der Waals surface area (Å²) < 4.78 is 0. The molecule has 118 valence electrons. The molecule has 0 amide bonds. The standard InChI is InChI=1S/C18H31N3/c1-3-11-20-12-14-21(15-13-20)18(2,16-19)10-9-17-7-5-4-6-8-17/h4-8H,3,9-16,19H2,1-2H3. The fourth-order valence-corrected chi connectivity index (χ4v) is 3.28. The molecule has 1 aromatic rings. The van der Waals surface area contributed by atoms with Gasteiger partial charge in [-0.15, -0.1) is 0 Å². The molecule has 1 saturated heterocycles. The van der Waals surface area contributed by atoms with Crippen LogP contribution < -0.4 is 5.73 Å². The van der Waals surface area contributed by atoms with Gasteiger partial charge in [-0.2, -0.15) is 0 Å². The van der Waals surface area contributed by atoms with Crippen molar-refractivity contribution >= 4 is 0 Å². The second-order valence-electron chi connectivity index (χ2n) is 6.52. The van der Waals surface area contributed by atoms with Crippen LogP contribution in [0, 0.1) is 0 Å². The van der Waals surface area contributed by atoms with Crippen LogP contribution in [0.15, 0.2) is 30.3 Å². The van der Waals surface area contributed by atoms with Gasteiger partial charge >= 0.3 is 0 Å². The molecule has 0 radical (unpaired) electrons. The highest BCUT2D eigenvalue weighted by Crippen LogP contribution is 2.22. The Balaban J connectivity index is 1.88. The average molecular weight is 289 g/mol. The predicted octanol–water partition coefficient (Wildman–Crippen LogP) is 2.36. The predicted molar refractivity (Wildman–Crippen MR) is 90.5 cm³/mol. The Kier molecular flexibility index (Phi) is 6.22. The Morgan fingerprint density at radius 2 is 1.76 bits per heavy atom. The van der Waals surface area contributed by atoms with Crippen LogP contribution in [0.1, 0.15) is 32.3 Å². The van der Waals surface area contributed by atoms with Gasteiger partial charge in [0.25, 0.3) is 0 Å². The maximum absolute atomic E-state index is 6.14. The summed E-state index contributed by atoms with van der Waals surface area (Å²) in [7, 11) is 0. The summed E-state index contributed by atoms with van der Waals surface area (Å²) in [5.41, 5.74) is 7.69. The SMILES string of the molecule is CCCN1CCN(C(C)(CN)CCc2ccccc2)CC1. The molecule has 0 aliphatic carbocycles. The van der Waals surface area contributed by atoms with E-state index in [0.717, 1.165) is 32.5 Å². The molecule has 1 aliphatic rings. The second-order valence-corrected chi connectivity index (χ2v) is 6.52. The first kappa shape index (κ1) is 16.5. The summed E-state index contributed by atoms with van der Waals surface area (Å²) in [5, 5.41) is 0. The van der Waals surface area contributed by atoms with E-state index in [4.69, 9.17) is 5.73 Å². The lowest BCUT2D eigenvalue weighted by molar-refractivity contribution is 0.0417. The van der Waals surface area contributed by atoms with Gasteiger partial charge < -0.3 is 10.6 Å². The average Bonchev–Trinajstić information content (AvgIpc) is 2.54. The lowest BCUT2D eigenvalue weighted by Crippen LogP contribution is -2.59. The number of nitrogens with zero attached hydrogens (tertiary/aromatic N) is 2. The Morgan fingerprint density at radius 1 is 1.10 bits per heavy atom. The van der Waals surface area contributed by atoms with Gasteiger partial charge in [-0.3, -0.25) is 4.90 Å². The van der Waals surface area contributed by atoms with E-state index < -0.39 is 0 Å². The summed E-state index contributed by atoms with van der Waals surface area (Å²) in [4.78, 5) is 5.19. The van der Waals surface area contributed by atoms with Crippen molar-refractivity contribution in [3.05, 3.63) is 35.9 Å². The summed E-state index contributed by atoms with van der Waals surface area (Å²) in [6.07, 6.45) is 3.51. The van der Waals surface area contributed by atoms with E-state index >= 15 is 0 Å². The molecule has 0 aromatic heterocycles. The van der Waals surface area contributed by atoms with Crippen LogP contribution in [0.3, 0.4) is 0 Å². The van der Waals surface area contributed by atoms with Gasteiger partial charge in [-0.05, 0) is 38.3 Å². The van der Waals surface area contributed by atoms with Gasteiger partial charge in [0.15, 0.2) is 0 Å². The topological polar surface area (TPSA) is 32.5 Å². The molecule has 1 aromatic carbocycles. The monoisotopic (exact) mass is 289 g/mol. The van der Waals surface area contributed by atoms with Gasteiger partial charge in [-0.1, -0.05) is 37.3 Å². The number of aryl methyl sites for hydroxylation is 1. The van der Waals surface area contributed by atoms with Crippen molar-refractivity contribution in [3.63, 3.8) is 0 Å². The molecule has 1 atom stereocenters. The Hall–Kier alpha value is -0.900. The molecule has 1 aliphatic heterocycles. The molecule has 0 saturated carbocycles. The van der Waals surface area contributed by atoms with E-state index in [9.17, 15) is 0 Å². The summed E-state index contributed by atoms with van der Waals surface area (Å²) in [6.45, 7) is 11.3. The van der Waals surface area contributed by atoms with Crippen LogP contribution in [-0.2, 0) is 6.42 Å². The number of nitrogens with two attached hydrogens (primary N) is 1. The van der Waals surface area contributed by atoms with E-state index in [-0.39, 0.29) is 5.54 Å². The zero-order valence-corrected chi connectivity index (χ0v) is 13.7. The van der Waals surface area contributed by atoms with E-state index in [1.165, 1.54) is 31.6 Å². The summed E-state index contributed by atoms with van der Waals surface area (Å²) in [5.74, 6) is 0.